The number of carbonyl (C=O) groups excluding carboxylic acids is 2. The number of amides is 1. The van der Waals surface area contributed by atoms with Crippen molar-refractivity contribution in [3.63, 3.8) is 0 Å². The molecular weight excluding hydrogens is 367 g/mol. The summed E-state index contributed by atoms with van der Waals surface area (Å²) in [5.41, 5.74) is -1.38. The van der Waals surface area contributed by atoms with Gasteiger partial charge in [0.15, 0.2) is 6.61 Å². The molecule has 9 heteroatoms. The highest BCUT2D eigenvalue weighted by molar-refractivity contribution is 5.97. The second kappa shape index (κ2) is 8.43. The number of halogens is 3. The van der Waals surface area contributed by atoms with E-state index >= 15 is 0 Å². The van der Waals surface area contributed by atoms with Gasteiger partial charge in [-0.05, 0) is 24.3 Å². The maximum atomic E-state index is 12.9. The number of hydrogen-bond acceptors (Lipinski definition) is 5. The highest BCUT2D eigenvalue weighted by Crippen LogP contribution is 2.34. The van der Waals surface area contributed by atoms with Crippen LogP contribution in [0.1, 0.15) is 15.9 Å². The van der Waals surface area contributed by atoms with Gasteiger partial charge < -0.3 is 19.5 Å². The van der Waals surface area contributed by atoms with Crippen molar-refractivity contribution in [3.8, 4) is 11.5 Å². The molecule has 0 aromatic heterocycles. The number of alkyl halides is 3. The highest BCUT2D eigenvalue weighted by Gasteiger charge is 2.33. The molecule has 0 aliphatic heterocycles. The lowest BCUT2D eigenvalue weighted by Gasteiger charge is -2.14. The van der Waals surface area contributed by atoms with E-state index in [9.17, 15) is 22.8 Å². The molecular formula is C18H16F3NO5. The molecule has 0 fully saturated rings. The minimum Gasteiger partial charge on any atom is -0.497 e. The van der Waals surface area contributed by atoms with Gasteiger partial charge >= 0.3 is 12.1 Å². The molecule has 2 aromatic carbocycles. The second-order valence-electron chi connectivity index (χ2n) is 5.23. The molecule has 2 aromatic rings. The van der Waals surface area contributed by atoms with Crippen LogP contribution >= 0.6 is 0 Å². The zero-order valence-electron chi connectivity index (χ0n) is 14.4. The monoisotopic (exact) mass is 383 g/mol. The van der Waals surface area contributed by atoms with Crippen molar-refractivity contribution in [1.82, 2.24) is 0 Å². The summed E-state index contributed by atoms with van der Waals surface area (Å²) < 4.78 is 53.7. The van der Waals surface area contributed by atoms with Crippen molar-refractivity contribution in [2.45, 2.75) is 6.18 Å². The first kappa shape index (κ1) is 20.1. The molecule has 0 saturated carbocycles. The minimum atomic E-state index is -4.63. The number of hydrogen-bond donors (Lipinski definition) is 1. The van der Waals surface area contributed by atoms with E-state index in [1.165, 1.54) is 44.6 Å². The van der Waals surface area contributed by atoms with Crippen LogP contribution in [0, 0.1) is 0 Å². The van der Waals surface area contributed by atoms with Gasteiger partial charge in [-0.1, -0.05) is 12.1 Å². The number of carbonyl (C=O) groups is 2. The zero-order chi connectivity index (χ0) is 20.0. The molecule has 1 amide bonds. The molecule has 6 nitrogen and oxygen atoms in total. The van der Waals surface area contributed by atoms with Gasteiger partial charge in [0.2, 0.25) is 0 Å². The average Bonchev–Trinajstić information content (AvgIpc) is 2.65. The van der Waals surface area contributed by atoms with Gasteiger partial charge in [0.25, 0.3) is 5.91 Å². The average molecular weight is 383 g/mol. The van der Waals surface area contributed by atoms with Crippen LogP contribution in [0.2, 0.25) is 0 Å². The Hall–Kier alpha value is -3.23. The largest absolute Gasteiger partial charge is 0.497 e. The first-order valence-corrected chi connectivity index (χ1v) is 7.61. The molecule has 0 heterocycles. The van der Waals surface area contributed by atoms with Gasteiger partial charge in [-0.25, -0.2) is 4.79 Å². The van der Waals surface area contributed by atoms with Gasteiger partial charge in [0, 0.05) is 6.07 Å². The minimum absolute atomic E-state index is 0.0433. The van der Waals surface area contributed by atoms with Crippen LogP contribution in [-0.4, -0.2) is 32.7 Å². The van der Waals surface area contributed by atoms with Crippen molar-refractivity contribution in [3.05, 3.63) is 53.6 Å². The van der Waals surface area contributed by atoms with E-state index in [2.05, 4.69) is 5.32 Å². The molecule has 2 rings (SSSR count). The Bertz CT molecular complexity index is 836. The first-order chi connectivity index (χ1) is 12.8. The van der Waals surface area contributed by atoms with Crippen molar-refractivity contribution in [2.75, 3.05) is 26.1 Å². The number of para-hydroxylation sites is 1. The standard InChI is InChI=1S/C18H16F3NO5/c1-25-11-7-8-12(15(9-11)26-2)17(24)27-10-16(23)22-14-6-4-3-5-13(14)18(19,20)21/h3-9H,10H2,1-2H3,(H,22,23). The second-order valence-corrected chi connectivity index (χ2v) is 5.23. The smallest absolute Gasteiger partial charge is 0.418 e. The molecule has 0 saturated heterocycles. The predicted molar refractivity (Wildman–Crippen MR) is 89.9 cm³/mol. The number of esters is 1. The first-order valence-electron chi connectivity index (χ1n) is 7.61. The number of methoxy groups -OCH3 is 2. The molecule has 1 N–H and O–H groups in total. The third kappa shape index (κ3) is 5.13. The van der Waals surface area contributed by atoms with Crippen LogP contribution < -0.4 is 14.8 Å². The van der Waals surface area contributed by atoms with Gasteiger partial charge in [-0.2, -0.15) is 13.2 Å². The maximum Gasteiger partial charge on any atom is 0.418 e. The molecule has 0 aliphatic carbocycles. The van der Waals surface area contributed by atoms with Gasteiger partial charge in [-0.3, -0.25) is 4.79 Å². The van der Waals surface area contributed by atoms with E-state index < -0.39 is 35.9 Å². The Morgan fingerprint density at radius 3 is 2.37 bits per heavy atom. The highest BCUT2D eigenvalue weighted by atomic mass is 19.4. The van der Waals surface area contributed by atoms with Crippen LogP contribution in [0.4, 0.5) is 18.9 Å². The van der Waals surface area contributed by atoms with Crippen molar-refractivity contribution >= 4 is 17.6 Å². The van der Waals surface area contributed by atoms with E-state index in [0.717, 1.165) is 12.1 Å². The molecule has 0 bridgehead atoms. The van der Waals surface area contributed by atoms with E-state index in [1.807, 2.05) is 0 Å². The SMILES string of the molecule is COc1ccc(C(=O)OCC(=O)Nc2ccccc2C(F)(F)F)c(OC)c1. The Labute approximate surface area is 152 Å². The van der Waals surface area contributed by atoms with E-state index in [4.69, 9.17) is 14.2 Å². The fourth-order valence-electron chi connectivity index (χ4n) is 2.20. The molecule has 0 radical (unpaired) electrons. The summed E-state index contributed by atoms with van der Waals surface area (Å²) in [6.07, 6.45) is -4.63. The van der Waals surface area contributed by atoms with Crippen LogP contribution in [0.3, 0.4) is 0 Å². The molecule has 0 unspecified atom stereocenters. The zero-order valence-corrected chi connectivity index (χ0v) is 14.4. The fraction of sp³-hybridized carbons (Fsp3) is 0.222. The van der Waals surface area contributed by atoms with Crippen LogP contribution in [0.25, 0.3) is 0 Å². The van der Waals surface area contributed by atoms with E-state index in [0.29, 0.717) is 5.75 Å². The predicted octanol–water partition coefficient (Wildman–Crippen LogP) is 3.52. The molecule has 144 valence electrons. The fourth-order valence-corrected chi connectivity index (χ4v) is 2.20. The topological polar surface area (TPSA) is 73.9 Å². The Balaban J connectivity index is 2.04. The molecule has 0 spiro atoms. The van der Waals surface area contributed by atoms with E-state index in [1.54, 1.807) is 0 Å². The Morgan fingerprint density at radius 1 is 1.04 bits per heavy atom. The van der Waals surface area contributed by atoms with Gasteiger partial charge in [0.05, 0.1) is 25.5 Å². The molecule has 0 atom stereocenters. The number of anilines is 1. The normalized spacial score (nSPS) is 10.9. The van der Waals surface area contributed by atoms with Crippen molar-refractivity contribution < 1.29 is 37.0 Å². The summed E-state index contributed by atoms with van der Waals surface area (Å²) in [4.78, 5) is 24.0. The quantitative estimate of drug-likeness (QED) is 0.773. The van der Waals surface area contributed by atoms with Crippen LogP contribution in [0.15, 0.2) is 42.5 Å². The third-order valence-corrected chi connectivity index (χ3v) is 3.47. The number of benzene rings is 2. The summed E-state index contributed by atoms with van der Waals surface area (Å²) in [6.45, 7) is -0.764. The summed E-state index contributed by atoms with van der Waals surface area (Å²) in [5.74, 6) is -1.16. The van der Waals surface area contributed by atoms with E-state index in [-0.39, 0.29) is 11.3 Å². The lowest BCUT2D eigenvalue weighted by atomic mass is 10.1. The Kier molecular flexibility index (Phi) is 6.27. The molecule has 0 aliphatic rings. The van der Waals surface area contributed by atoms with Crippen molar-refractivity contribution in [2.24, 2.45) is 0 Å². The lowest BCUT2D eigenvalue weighted by Crippen LogP contribution is -2.23. The van der Waals surface area contributed by atoms with Gasteiger partial charge in [0.1, 0.15) is 17.1 Å². The third-order valence-electron chi connectivity index (χ3n) is 3.47. The van der Waals surface area contributed by atoms with Crippen molar-refractivity contribution in [1.29, 1.82) is 0 Å². The summed E-state index contributed by atoms with van der Waals surface area (Å²) in [6, 6.07) is 8.83. The number of rotatable bonds is 6. The van der Waals surface area contributed by atoms with Crippen LogP contribution in [0.5, 0.6) is 11.5 Å². The molecule has 27 heavy (non-hydrogen) atoms. The summed E-state index contributed by atoms with van der Waals surface area (Å²) >= 11 is 0. The summed E-state index contributed by atoms with van der Waals surface area (Å²) in [5, 5.41) is 2.08. The number of nitrogens with one attached hydrogen (secondary N) is 1. The number of ether oxygens (including phenoxy) is 3. The van der Waals surface area contributed by atoms with Gasteiger partial charge in [-0.15, -0.1) is 0 Å². The summed E-state index contributed by atoms with van der Waals surface area (Å²) in [7, 11) is 2.78. The van der Waals surface area contributed by atoms with Crippen LogP contribution in [-0.2, 0) is 15.7 Å². The maximum absolute atomic E-state index is 12.9. The lowest BCUT2D eigenvalue weighted by molar-refractivity contribution is -0.137. The Morgan fingerprint density at radius 2 is 1.74 bits per heavy atom.